The standard InChI is InChI=1S/C16H16FN3O4S/c1-3-24-14(21)7-10-9-25-16(19-10)20-18-8-12-11(15(22)23-2)5-4-6-13(12)17/h4-6,8-9H,3,7H2,1-2H3,(H,19,20). The molecule has 1 aromatic carbocycles. The largest absolute Gasteiger partial charge is 0.466 e. The van der Waals surface area contributed by atoms with E-state index in [4.69, 9.17) is 4.74 Å². The molecule has 0 amide bonds. The molecule has 2 rings (SSSR count). The Morgan fingerprint density at radius 3 is 2.96 bits per heavy atom. The number of hydrazone groups is 1. The van der Waals surface area contributed by atoms with E-state index in [0.29, 0.717) is 17.4 Å². The molecule has 1 N–H and O–H groups in total. The Hall–Kier alpha value is -2.81. The second kappa shape index (κ2) is 8.88. The van der Waals surface area contributed by atoms with Gasteiger partial charge in [-0.25, -0.2) is 14.2 Å². The van der Waals surface area contributed by atoms with E-state index < -0.39 is 11.8 Å². The highest BCUT2D eigenvalue weighted by atomic mass is 32.1. The average Bonchev–Trinajstić information content (AvgIpc) is 3.03. The molecule has 0 aliphatic rings. The lowest BCUT2D eigenvalue weighted by atomic mass is 10.1. The molecule has 25 heavy (non-hydrogen) atoms. The van der Waals surface area contributed by atoms with Gasteiger partial charge in [0.25, 0.3) is 0 Å². The normalized spacial score (nSPS) is 10.7. The fraction of sp³-hybridized carbons (Fsp3) is 0.250. The van der Waals surface area contributed by atoms with Gasteiger partial charge in [0.05, 0.1) is 37.6 Å². The molecule has 0 atom stereocenters. The first kappa shape index (κ1) is 18.5. The molecule has 0 bridgehead atoms. The molecular weight excluding hydrogens is 349 g/mol. The van der Waals surface area contributed by atoms with Crippen LogP contribution in [0.15, 0.2) is 28.7 Å². The lowest BCUT2D eigenvalue weighted by molar-refractivity contribution is -0.142. The highest BCUT2D eigenvalue weighted by molar-refractivity contribution is 7.13. The zero-order valence-corrected chi connectivity index (χ0v) is 14.4. The molecule has 0 saturated carbocycles. The number of nitrogens with one attached hydrogen (secondary N) is 1. The third-order valence-corrected chi connectivity index (χ3v) is 3.79. The number of carbonyl (C=O) groups excluding carboxylic acids is 2. The first-order chi connectivity index (χ1) is 12.0. The van der Waals surface area contributed by atoms with E-state index >= 15 is 0 Å². The molecule has 0 saturated heterocycles. The van der Waals surface area contributed by atoms with Gasteiger partial charge in [0.15, 0.2) is 0 Å². The number of aromatic nitrogens is 1. The van der Waals surface area contributed by atoms with Gasteiger partial charge in [0, 0.05) is 10.9 Å². The van der Waals surface area contributed by atoms with Crippen LogP contribution in [0.2, 0.25) is 0 Å². The Labute approximate surface area is 147 Å². The number of methoxy groups -OCH3 is 1. The van der Waals surface area contributed by atoms with Gasteiger partial charge in [-0.05, 0) is 19.1 Å². The molecule has 9 heteroatoms. The van der Waals surface area contributed by atoms with Gasteiger partial charge in [0.1, 0.15) is 5.82 Å². The summed E-state index contributed by atoms with van der Waals surface area (Å²) in [6, 6.07) is 4.07. The van der Waals surface area contributed by atoms with E-state index in [9.17, 15) is 14.0 Å². The van der Waals surface area contributed by atoms with Crippen LogP contribution in [0.5, 0.6) is 0 Å². The van der Waals surface area contributed by atoms with Gasteiger partial charge in [-0.1, -0.05) is 6.07 Å². The van der Waals surface area contributed by atoms with Crippen molar-refractivity contribution in [1.29, 1.82) is 0 Å². The topological polar surface area (TPSA) is 89.9 Å². The van der Waals surface area contributed by atoms with Crippen molar-refractivity contribution >= 4 is 34.6 Å². The lowest BCUT2D eigenvalue weighted by Crippen LogP contribution is -2.08. The summed E-state index contributed by atoms with van der Waals surface area (Å²) in [6.07, 6.45) is 1.24. The number of rotatable bonds is 7. The quantitative estimate of drug-likeness (QED) is 0.461. The number of esters is 2. The SMILES string of the molecule is CCOC(=O)Cc1csc(NN=Cc2c(F)cccc2C(=O)OC)n1. The van der Waals surface area contributed by atoms with Crippen LogP contribution < -0.4 is 5.43 Å². The zero-order chi connectivity index (χ0) is 18.2. The van der Waals surface area contributed by atoms with E-state index in [-0.39, 0.29) is 23.5 Å². The Kier molecular flexibility index (Phi) is 6.58. The summed E-state index contributed by atoms with van der Waals surface area (Å²) in [5.74, 6) is -1.63. The summed E-state index contributed by atoms with van der Waals surface area (Å²) >= 11 is 1.23. The lowest BCUT2D eigenvalue weighted by Gasteiger charge is -2.04. The van der Waals surface area contributed by atoms with Crippen molar-refractivity contribution < 1.29 is 23.5 Å². The number of carbonyl (C=O) groups is 2. The van der Waals surface area contributed by atoms with Crippen molar-refractivity contribution in [2.45, 2.75) is 13.3 Å². The minimum Gasteiger partial charge on any atom is -0.466 e. The van der Waals surface area contributed by atoms with Gasteiger partial charge in [-0.15, -0.1) is 11.3 Å². The molecule has 0 spiro atoms. The number of anilines is 1. The van der Waals surface area contributed by atoms with Crippen molar-refractivity contribution in [3.8, 4) is 0 Å². The number of nitrogens with zero attached hydrogens (tertiary/aromatic N) is 2. The van der Waals surface area contributed by atoms with Crippen molar-refractivity contribution in [1.82, 2.24) is 4.98 Å². The number of hydrogen-bond donors (Lipinski definition) is 1. The van der Waals surface area contributed by atoms with Gasteiger partial charge < -0.3 is 9.47 Å². The molecular formula is C16H16FN3O4S. The molecule has 2 aromatic rings. The van der Waals surface area contributed by atoms with Crippen LogP contribution in [0, 0.1) is 5.82 Å². The third kappa shape index (κ3) is 5.08. The first-order valence-electron chi connectivity index (χ1n) is 7.31. The Bertz CT molecular complexity index is 791. The minimum atomic E-state index is -0.660. The van der Waals surface area contributed by atoms with E-state index in [1.165, 1.54) is 42.9 Å². The highest BCUT2D eigenvalue weighted by Crippen LogP contribution is 2.17. The zero-order valence-electron chi connectivity index (χ0n) is 13.6. The van der Waals surface area contributed by atoms with Crippen LogP contribution in [0.3, 0.4) is 0 Å². The summed E-state index contributed by atoms with van der Waals surface area (Å²) in [6.45, 7) is 2.04. The molecule has 1 heterocycles. The predicted molar refractivity (Wildman–Crippen MR) is 91.4 cm³/mol. The highest BCUT2D eigenvalue weighted by Gasteiger charge is 2.14. The van der Waals surface area contributed by atoms with Gasteiger partial charge in [-0.2, -0.15) is 5.10 Å². The average molecular weight is 365 g/mol. The summed E-state index contributed by atoms with van der Waals surface area (Å²) in [4.78, 5) is 27.2. The predicted octanol–water partition coefficient (Wildman–Crippen LogP) is 2.62. The fourth-order valence-corrected chi connectivity index (χ4v) is 2.57. The van der Waals surface area contributed by atoms with Crippen molar-refractivity contribution in [2.24, 2.45) is 5.10 Å². The fourth-order valence-electron chi connectivity index (χ4n) is 1.91. The monoisotopic (exact) mass is 365 g/mol. The van der Waals surface area contributed by atoms with Crippen LogP contribution >= 0.6 is 11.3 Å². The molecule has 7 nitrogen and oxygen atoms in total. The summed E-state index contributed by atoms with van der Waals surface area (Å²) < 4.78 is 23.4. The number of hydrogen-bond acceptors (Lipinski definition) is 8. The van der Waals surface area contributed by atoms with Gasteiger partial charge in [-0.3, -0.25) is 10.2 Å². The maximum absolute atomic E-state index is 13.9. The smallest absolute Gasteiger partial charge is 0.338 e. The maximum Gasteiger partial charge on any atom is 0.338 e. The molecule has 132 valence electrons. The number of halogens is 1. The molecule has 0 aliphatic heterocycles. The molecule has 0 unspecified atom stereocenters. The van der Waals surface area contributed by atoms with Crippen molar-refractivity contribution in [2.75, 3.05) is 19.1 Å². The van der Waals surface area contributed by atoms with Crippen LogP contribution in [0.25, 0.3) is 0 Å². The van der Waals surface area contributed by atoms with E-state index in [1.807, 2.05) is 0 Å². The van der Waals surface area contributed by atoms with E-state index in [2.05, 4.69) is 20.2 Å². The van der Waals surface area contributed by atoms with Crippen molar-refractivity contribution in [3.63, 3.8) is 0 Å². The summed E-state index contributed by atoms with van der Waals surface area (Å²) in [5.41, 5.74) is 3.25. The van der Waals surface area contributed by atoms with Crippen LogP contribution in [-0.4, -0.2) is 36.9 Å². The van der Waals surface area contributed by atoms with E-state index in [0.717, 1.165) is 0 Å². The molecule has 0 radical (unpaired) electrons. The molecule has 1 aromatic heterocycles. The number of ether oxygens (including phenoxy) is 2. The Morgan fingerprint density at radius 2 is 2.24 bits per heavy atom. The molecule has 0 fully saturated rings. The van der Waals surface area contributed by atoms with Crippen LogP contribution in [-0.2, 0) is 20.7 Å². The minimum absolute atomic E-state index is 0.00477. The van der Waals surface area contributed by atoms with E-state index in [1.54, 1.807) is 12.3 Å². The van der Waals surface area contributed by atoms with Gasteiger partial charge in [0.2, 0.25) is 5.13 Å². The first-order valence-corrected chi connectivity index (χ1v) is 8.19. The number of thiazole rings is 1. The third-order valence-electron chi connectivity index (χ3n) is 2.99. The second-order valence-corrected chi connectivity index (χ2v) is 5.55. The van der Waals surface area contributed by atoms with Crippen LogP contribution in [0.1, 0.15) is 28.5 Å². The Morgan fingerprint density at radius 1 is 1.44 bits per heavy atom. The summed E-state index contributed by atoms with van der Waals surface area (Å²) in [7, 11) is 1.22. The van der Waals surface area contributed by atoms with Crippen LogP contribution in [0.4, 0.5) is 9.52 Å². The maximum atomic E-state index is 13.9. The molecule has 0 aliphatic carbocycles. The second-order valence-electron chi connectivity index (χ2n) is 4.69. The van der Waals surface area contributed by atoms with Crippen molar-refractivity contribution in [3.05, 3.63) is 46.2 Å². The summed E-state index contributed by atoms with van der Waals surface area (Å²) in [5, 5.41) is 6.00. The van der Waals surface area contributed by atoms with Gasteiger partial charge >= 0.3 is 11.9 Å². The number of benzene rings is 1. The Balaban J connectivity index is 2.06.